The van der Waals surface area contributed by atoms with E-state index >= 15 is 0 Å². The van der Waals surface area contributed by atoms with Gasteiger partial charge in [-0.1, -0.05) is 0 Å². The molecule has 0 spiro atoms. The number of nitrogens with one attached hydrogen (secondary N) is 1. The number of carbonyl (C=O) groups excluding carboxylic acids is 1. The van der Waals surface area contributed by atoms with Crippen molar-refractivity contribution in [3.05, 3.63) is 52.6 Å². The second-order valence-corrected chi connectivity index (χ2v) is 9.41. The van der Waals surface area contributed by atoms with E-state index in [4.69, 9.17) is 15.8 Å². The second-order valence-electron chi connectivity index (χ2n) is 8.62. The maximum atomic E-state index is 13.7. The molecule has 1 fully saturated rings. The van der Waals surface area contributed by atoms with E-state index in [9.17, 15) is 9.18 Å². The zero-order chi connectivity index (χ0) is 24.5. The highest BCUT2D eigenvalue weighted by molar-refractivity contribution is 9.10. The van der Waals surface area contributed by atoms with Crippen LogP contribution in [0, 0.1) is 5.82 Å². The predicted octanol–water partition coefficient (Wildman–Crippen LogP) is 2.89. The Morgan fingerprint density at radius 2 is 2.06 bits per heavy atom. The number of carbonyl (C=O) groups is 1. The maximum absolute atomic E-state index is 13.7. The number of aliphatic hydroxyl groups excluding tert-OH is 1. The summed E-state index contributed by atoms with van der Waals surface area (Å²) < 4.78 is 16.0. The number of hydrogen-bond acceptors (Lipinski definition) is 7. The number of nitrogen functional groups attached to an aromatic ring is 1. The third-order valence-electron chi connectivity index (χ3n) is 6.38. The van der Waals surface area contributed by atoms with Gasteiger partial charge in [0.05, 0.1) is 28.5 Å². The highest BCUT2D eigenvalue weighted by Crippen LogP contribution is 2.31. The minimum atomic E-state index is -0.320. The lowest BCUT2D eigenvalue weighted by atomic mass is 10.0. The Hall–Kier alpha value is -3.15. The van der Waals surface area contributed by atoms with Crippen molar-refractivity contribution in [3.63, 3.8) is 0 Å². The largest absolute Gasteiger partial charge is 0.396 e. The topological polar surface area (TPSA) is 122 Å². The van der Waals surface area contributed by atoms with E-state index in [0.717, 1.165) is 29.7 Å². The molecule has 4 aromatic rings. The van der Waals surface area contributed by atoms with Crippen LogP contribution in [-0.2, 0) is 11.3 Å². The molecule has 35 heavy (non-hydrogen) atoms. The average Bonchev–Trinajstić information content (AvgIpc) is 3.29. The van der Waals surface area contributed by atoms with Crippen LogP contribution in [0.5, 0.6) is 0 Å². The number of pyridine rings is 1. The van der Waals surface area contributed by atoms with Gasteiger partial charge in [0, 0.05) is 54.8 Å². The number of anilines is 1. The summed E-state index contributed by atoms with van der Waals surface area (Å²) in [6.07, 6.45) is 5.22. The molecule has 5 rings (SSSR count). The van der Waals surface area contributed by atoms with Crippen LogP contribution in [0.3, 0.4) is 0 Å². The van der Waals surface area contributed by atoms with Gasteiger partial charge in [-0.15, -0.1) is 0 Å². The van der Waals surface area contributed by atoms with Crippen molar-refractivity contribution in [2.24, 2.45) is 0 Å². The first-order chi connectivity index (χ1) is 16.9. The highest BCUT2D eigenvalue weighted by Gasteiger charge is 2.23. The molecule has 9 nitrogen and oxygen atoms in total. The fraction of sp³-hybridized carbons (Fsp3) is 0.333. The summed E-state index contributed by atoms with van der Waals surface area (Å²) in [4.78, 5) is 23.1. The zero-order valence-electron chi connectivity index (χ0n) is 18.9. The number of halogens is 2. The molecule has 1 aromatic carbocycles. The molecule has 1 aliphatic heterocycles. The Morgan fingerprint density at radius 1 is 1.26 bits per heavy atom. The average molecular weight is 542 g/mol. The number of hydrogen-bond donors (Lipinski definition) is 3. The van der Waals surface area contributed by atoms with Crippen molar-refractivity contribution in [2.45, 2.75) is 31.8 Å². The third-order valence-corrected chi connectivity index (χ3v) is 7.24. The van der Waals surface area contributed by atoms with Gasteiger partial charge in [0.25, 0.3) is 0 Å². The molecule has 0 saturated carbocycles. The molecule has 4 N–H and O–H groups in total. The number of likely N-dealkylation sites (tertiary alicyclic amines) is 1. The van der Waals surface area contributed by atoms with Gasteiger partial charge in [0.15, 0.2) is 5.65 Å². The van der Waals surface area contributed by atoms with Crippen molar-refractivity contribution in [1.29, 1.82) is 0 Å². The van der Waals surface area contributed by atoms with E-state index < -0.39 is 0 Å². The van der Waals surface area contributed by atoms with Gasteiger partial charge in [-0.2, -0.15) is 9.61 Å². The molecule has 182 valence electrons. The van der Waals surface area contributed by atoms with Gasteiger partial charge in [0.1, 0.15) is 11.6 Å². The molecular formula is C24H25BrFN7O2. The van der Waals surface area contributed by atoms with Crippen LogP contribution in [0.4, 0.5) is 10.2 Å². The lowest BCUT2D eigenvalue weighted by molar-refractivity contribution is -0.133. The third kappa shape index (κ3) is 4.71. The Kier molecular flexibility index (Phi) is 6.63. The molecule has 0 unspecified atom stereocenters. The molecule has 11 heteroatoms. The monoisotopic (exact) mass is 541 g/mol. The number of nitrogens with two attached hydrogens (primary N) is 1. The quantitative estimate of drug-likeness (QED) is 0.343. The number of aromatic nitrogens is 4. The minimum absolute atomic E-state index is 0.00670. The number of rotatable bonds is 6. The molecule has 1 saturated heterocycles. The van der Waals surface area contributed by atoms with Crippen molar-refractivity contribution in [3.8, 4) is 11.1 Å². The van der Waals surface area contributed by atoms with Gasteiger partial charge < -0.3 is 21.1 Å². The predicted molar refractivity (Wildman–Crippen MR) is 134 cm³/mol. The molecule has 0 atom stereocenters. The van der Waals surface area contributed by atoms with Crippen LogP contribution >= 0.6 is 15.9 Å². The van der Waals surface area contributed by atoms with E-state index in [2.05, 4.69) is 31.3 Å². The molecular weight excluding hydrogens is 517 g/mol. The van der Waals surface area contributed by atoms with Gasteiger partial charge in [-0.3, -0.25) is 9.78 Å². The lowest BCUT2D eigenvalue weighted by Crippen LogP contribution is -2.45. The Bertz CT molecular complexity index is 1400. The van der Waals surface area contributed by atoms with Crippen molar-refractivity contribution < 1.29 is 14.3 Å². The van der Waals surface area contributed by atoms with E-state index in [1.54, 1.807) is 27.9 Å². The van der Waals surface area contributed by atoms with E-state index in [-0.39, 0.29) is 30.8 Å². The SMILES string of the molecule is Nc1c(Br)c(CNC2CCN(C(=O)CCO)CC2)nc2c(-c3cnc4ccc(F)cc4c3)cnn12. The van der Waals surface area contributed by atoms with Crippen LogP contribution in [-0.4, -0.2) is 61.2 Å². The molecule has 4 heterocycles. The number of piperidine rings is 1. The van der Waals surface area contributed by atoms with Gasteiger partial charge >= 0.3 is 0 Å². The molecule has 0 radical (unpaired) electrons. The fourth-order valence-electron chi connectivity index (χ4n) is 4.44. The van der Waals surface area contributed by atoms with Crippen molar-refractivity contribution in [1.82, 2.24) is 29.8 Å². The molecule has 0 aliphatic carbocycles. The molecule has 1 aliphatic rings. The van der Waals surface area contributed by atoms with Crippen molar-refractivity contribution >= 4 is 44.2 Å². The number of aliphatic hydroxyl groups is 1. The summed E-state index contributed by atoms with van der Waals surface area (Å²) in [6.45, 7) is 1.69. The summed E-state index contributed by atoms with van der Waals surface area (Å²) in [7, 11) is 0. The molecule has 3 aromatic heterocycles. The van der Waals surface area contributed by atoms with E-state index in [1.807, 2.05) is 6.07 Å². The van der Waals surface area contributed by atoms with E-state index in [1.165, 1.54) is 12.1 Å². The van der Waals surface area contributed by atoms with Crippen LogP contribution in [0.2, 0.25) is 0 Å². The lowest BCUT2D eigenvalue weighted by Gasteiger charge is -2.32. The Balaban J connectivity index is 1.37. The Morgan fingerprint density at radius 3 is 2.83 bits per heavy atom. The zero-order valence-corrected chi connectivity index (χ0v) is 20.5. The minimum Gasteiger partial charge on any atom is -0.396 e. The first-order valence-corrected chi connectivity index (χ1v) is 12.2. The van der Waals surface area contributed by atoms with Gasteiger partial charge in [-0.05, 0) is 53.0 Å². The smallest absolute Gasteiger partial charge is 0.224 e. The standard InChI is InChI=1S/C24H25BrFN7O2/c25-22-20(13-28-17-3-6-32(7-4-17)21(35)5-8-34)31-24-18(12-30-33(24)23(22)27)15-9-14-10-16(26)1-2-19(14)29-11-15/h1-2,9-12,17,28,34H,3-8,13,27H2. The van der Waals surface area contributed by atoms with Gasteiger partial charge in [-0.25, -0.2) is 9.37 Å². The maximum Gasteiger partial charge on any atom is 0.224 e. The van der Waals surface area contributed by atoms with Crippen LogP contribution < -0.4 is 11.1 Å². The van der Waals surface area contributed by atoms with Crippen LogP contribution in [0.25, 0.3) is 27.7 Å². The summed E-state index contributed by atoms with van der Waals surface area (Å²) >= 11 is 3.56. The van der Waals surface area contributed by atoms with Gasteiger partial charge in [0.2, 0.25) is 5.91 Å². The van der Waals surface area contributed by atoms with E-state index in [0.29, 0.717) is 46.5 Å². The number of benzene rings is 1. The first kappa shape index (κ1) is 23.6. The van der Waals surface area contributed by atoms with Crippen LogP contribution in [0.1, 0.15) is 25.0 Å². The highest BCUT2D eigenvalue weighted by atomic mass is 79.9. The summed E-state index contributed by atoms with van der Waals surface area (Å²) in [5, 5.41) is 17.6. The first-order valence-electron chi connectivity index (χ1n) is 11.4. The summed E-state index contributed by atoms with van der Waals surface area (Å²) in [5.74, 6) is 0.106. The van der Waals surface area contributed by atoms with Crippen molar-refractivity contribution in [2.75, 3.05) is 25.4 Å². The number of nitrogens with zero attached hydrogens (tertiary/aromatic N) is 5. The summed E-state index contributed by atoms with van der Waals surface area (Å²) in [5.41, 5.74) is 9.92. The summed E-state index contributed by atoms with van der Waals surface area (Å²) in [6, 6.07) is 6.60. The number of amides is 1. The molecule has 0 bridgehead atoms. The van der Waals surface area contributed by atoms with Crippen LogP contribution in [0.15, 0.2) is 41.1 Å². The molecule has 1 amide bonds. The fourth-order valence-corrected chi connectivity index (χ4v) is 4.84. The Labute approximate surface area is 209 Å². The second kappa shape index (κ2) is 9.84. The number of fused-ring (bicyclic) bond motifs is 2. The normalized spacial score (nSPS) is 14.8.